The minimum absolute atomic E-state index is 0.00916. The maximum Gasteiger partial charge on any atom is 0.306 e. The highest BCUT2D eigenvalue weighted by Gasteiger charge is 2.62. The van der Waals surface area contributed by atoms with Gasteiger partial charge >= 0.3 is 11.9 Å². The van der Waals surface area contributed by atoms with Gasteiger partial charge in [-0.2, -0.15) is 0 Å². The number of aliphatic hydroxyl groups is 1. The molecule has 0 amide bonds. The van der Waals surface area contributed by atoms with E-state index in [4.69, 9.17) is 9.47 Å². The van der Waals surface area contributed by atoms with Crippen LogP contribution in [0.1, 0.15) is 202 Å². The fourth-order valence-electron chi connectivity index (χ4n) is 8.79. The van der Waals surface area contributed by atoms with Crippen LogP contribution in [0.4, 0.5) is 0 Å². The Morgan fingerprint density at radius 3 is 1.73 bits per heavy atom. The van der Waals surface area contributed by atoms with Crippen LogP contribution in [0, 0.1) is 22.7 Å². The quantitative estimate of drug-likeness (QED) is 0.0559. The molecule has 0 unspecified atom stereocenters. The number of nitrogens with zero attached hydrogens (tertiary/aromatic N) is 1. The molecule has 0 saturated heterocycles. The van der Waals surface area contributed by atoms with Crippen LogP contribution in [-0.2, 0) is 19.1 Å². The number of unbranched alkanes of at least 4 members (excludes halogenated alkanes) is 13. The molecule has 2 aliphatic carbocycles. The summed E-state index contributed by atoms with van der Waals surface area (Å²) in [4.78, 5) is 27.5. The first-order chi connectivity index (χ1) is 23.7. The number of hydrogen-bond acceptors (Lipinski definition) is 6. The van der Waals surface area contributed by atoms with Gasteiger partial charge < -0.3 is 19.5 Å². The molecule has 0 aliphatic heterocycles. The summed E-state index contributed by atoms with van der Waals surface area (Å²) in [7, 11) is 0. The van der Waals surface area contributed by atoms with Gasteiger partial charge in [-0.05, 0) is 101 Å². The molecule has 0 aromatic carbocycles. The molecule has 49 heavy (non-hydrogen) atoms. The zero-order valence-corrected chi connectivity index (χ0v) is 33.2. The van der Waals surface area contributed by atoms with E-state index in [2.05, 4.69) is 39.5 Å². The van der Waals surface area contributed by atoms with Crippen molar-refractivity contribution in [3.63, 3.8) is 0 Å². The second-order valence-corrected chi connectivity index (χ2v) is 16.8. The van der Waals surface area contributed by atoms with Gasteiger partial charge in [0.15, 0.2) is 0 Å². The summed E-state index contributed by atoms with van der Waals surface area (Å²) in [5.41, 5.74) is 0.433. The summed E-state index contributed by atoms with van der Waals surface area (Å²) < 4.78 is 11.7. The smallest absolute Gasteiger partial charge is 0.306 e. The molecular formula is C43H81NO5. The average Bonchev–Trinajstić information content (AvgIpc) is 3.41. The third-order valence-electron chi connectivity index (χ3n) is 12.8. The Bertz CT molecular complexity index is 851. The molecule has 3 atom stereocenters. The minimum atomic E-state index is -0.00916. The van der Waals surface area contributed by atoms with Crippen molar-refractivity contribution in [1.82, 2.24) is 4.90 Å². The molecule has 0 spiro atoms. The van der Waals surface area contributed by atoms with E-state index < -0.39 is 0 Å². The molecule has 0 aromatic rings. The first-order valence-corrected chi connectivity index (χ1v) is 21.4. The maximum absolute atomic E-state index is 12.6. The van der Waals surface area contributed by atoms with Gasteiger partial charge in [-0.1, -0.05) is 125 Å². The van der Waals surface area contributed by atoms with Gasteiger partial charge in [0.25, 0.3) is 0 Å². The lowest BCUT2D eigenvalue weighted by molar-refractivity contribution is -0.157. The number of ether oxygens (including phenoxy) is 2. The number of esters is 2. The topological polar surface area (TPSA) is 76.1 Å². The molecule has 288 valence electrons. The first kappa shape index (κ1) is 44.0. The molecule has 2 fully saturated rings. The highest BCUT2D eigenvalue weighted by atomic mass is 16.5. The standard InChI is InChI=1S/C43H81NO5/c1-6-8-16-24-37(25-17-9-7-2)29-35-48-40(46)26-18-12-10-14-20-31-44(33-22-23-34-45)32-21-15-11-13-19-27-41(47)49-39-36-38-28-30-43(39,5)42(38,3)4/h37-39,45H,6-36H2,1-5H3/t38-,39+,43+/m1/s1. The number of fused-ring (bicyclic) bond motifs is 2. The van der Waals surface area contributed by atoms with Crippen LogP contribution in [-0.4, -0.2) is 60.9 Å². The van der Waals surface area contributed by atoms with Crippen molar-refractivity contribution in [2.45, 2.75) is 208 Å². The predicted octanol–water partition coefficient (Wildman–Crippen LogP) is 11.2. The molecule has 2 bridgehead atoms. The van der Waals surface area contributed by atoms with E-state index in [0.29, 0.717) is 31.3 Å². The van der Waals surface area contributed by atoms with Crippen LogP contribution in [0.15, 0.2) is 0 Å². The molecule has 0 aromatic heterocycles. The lowest BCUT2D eigenvalue weighted by Crippen LogP contribution is -2.38. The second-order valence-electron chi connectivity index (χ2n) is 16.8. The van der Waals surface area contributed by atoms with E-state index >= 15 is 0 Å². The van der Waals surface area contributed by atoms with E-state index in [9.17, 15) is 14.7 Å². The fraction of sp³-hybridized carbons (Fsp3) is 0.953. The van der Waals surface area contributed by atoms with Gasteiger partial charge in [-0.15, -0.1) is 0 Å². The normalized spacial score (nSPS) is 21.2. The molecule has 2 aliphatic rings. The van der Waals surface area contributed by atoms with Crippen molar-refractivity contribution in [2.75, 3.05) is 32.8 Å². The van der Waals surface area contributed by atoms with E-state index in [0.717, 1.165) is 71.0 Å². The lowest BCUT2D eigenvalue weighted by Gasteiger charge is -2.38. The van der Waals surface area contributed by atoms with Crippen LogP contribution in [0.2, 0.25) is 0 Å². The van der Waals surface area contributed by atoms with Crippen molar-refractivity contribution < 1.29 is 24.2 Å². The lowest BCUT2D eigenvalue weighted by atomic mass is 9.70. The van der Waals surface area contributed by atoms with Gasteiger partial charge in [0.05, 0.1) is 6.61 Å². The SMILES string of the molecule is CCCCCC(CCCCC)CCOC(=O)CCCCCCCN(CCCCO)CCCCCCCC(=O)O[C@H]1C[C@H]2CC[C@]1(C)C2(C)C. The molecule has 2 saturated carbocycles. The van der Waals surface area contributed by atoms with Crippen LogP contribution in [0.3, 0.4) is 0 Å². The van der Waals surface area contributed by atoms with Crippen LogP contribution < -0.4 is 0 Å². The highest BCUT2D eigenvalue weighted by molar-refractivity contribution is 5.69. The maximum atomic E-state index is 12.6. The number of hydrogen-bond donors (Lipinski definition) is 1. The van der Waals surface area contributed by atoms with Crippen LogP contribution in [0.5, 0.6) is 0 Å². The molecule has 0 radical (unpaired) electrons. The molecule has 6 heteroatoms. The Hall–Kier alpha value is -1.14. The van der Waals surface area contributed by atoms with E-state index in [1.54, 1.807) is 0 Å². The fourth-order valence-corrected chi connectivity index (χ4v) is 8.79. The Balaban J connectivity index is 1.49. The highest BCUT2D eigenvalue weighted by Crippen LogP contribution is 2.66. The summed E-state index contributed by atoms with van der Waals surface area (Å²) in [5, 5.41) is 9.26. The van der Waals surface area contributed by atoms with E-state index in [1.807, 2.05) is 0 Å². The van der Waals surface area contributed by atoms with Gasteiger partial charge in [0.1, 0.15) is 6.10 Å². The zero-order chi connectivity index (χ0) is 35.8. The molecule has 2 rings (SSSR count). The zero-order valence-electron chi connectivity index (χ0n) is 33.2. The summed E-state index contributed by atoms with van der Waals surface area (Å²) in [6.07, 6.45) is 29.3. The van der Waals surface area contributed by atoms with Crippen LogP contribution in [0.25, 0.3) is 0 Å². The van der Waals surface area contributed by atoms with E-state index in [-0.39, 0.29) is 35.5 Å². The first-order valence-electron chi connectivity index (χ1n) is 21.4. The van der Waals surface area contributed by atoms with Gasteiger partial charge in [-0.25, -0.2) is 0 Å². The van der Waals surface area contributed by atoms with Gasteiger partial charge in [-0.3, -0.25) is 9.59 Å². The van der Waals surface area contributed by atoms with Crippen molar-refractivity contribution >= 4 is 11.9 Å². The van der Waals surface area contributed by atoms with Crippen LogP contribution >= 0.6 is 0 Å². The van der Waals surface area contributed by atoms with E-state index in [1.165, 1.54) is 103 Å². The summed E-state index contributed by atoms with van der Waals surface area (Å²) in [6.45, 7) is 15.8. The average molecular weight is 692 g/mol. The Kier molecular flexibility index (Phi) is 23.1. The van der Waals surface area contributed by atoms with Gasteiger partial charge in [0.2, 0.25) is 0 Å². The number of carbonyl (C=O) groups is 2. The number of rotatable bonds is 32. The summed E-state index contributed by atoms with van der Waals surface area (Å²) in [5.74, 6) is 1.42. The third kappa shape index (κ3) is 16.8. The Morgan fingerprint density at radius 2 is 1.22 bits per heavy atom. The summed E-state index contributed by atoms with van der Waals surface area (Å²) in [6, 6.07) is 0. The van der Waals surface area contributed by atoms with Crippen molar-refractivity contribution in [3.05, 3.63) is 0 Å². The predicted molar refractivity (Wildman–Crippen MR) is 205 cm³/mol. The molecule has 6 nitrogen and oxygen atoms in total. The van der Waals surface area contributed by atoms with Gasteiger partial charge in [0, 0.05) is 24.9 Å². The molecule has 0 heterocycles. The van der Waals surface area contributed by atoms with Crippen molar-refractivity contribution in [2.24, 2.45) is 22.7 Å². The Morgan fingerprint density at radius 1 is 0.694 bits per heavy atom. The largest absolute Gasteiger partial charge is 0.466 e. The minimum Gasteiger partial charge on any atom is -0.466 e. The second kappa shape index (κ2) is 25.8. The van der Waals surface area contributed by atoms with Crippen molar-refractivity contribution in [1.29, 1.82) is 0 Å². The Labute approximate surface area is 303 Å². The molecule has 1 N–H and O–H groups in total. The molecular weight excluding hydrogens is 610 g/mol. The number of carbonyl (C=O) groups excluding carboxylic acids is 2. The number of aliphatic hydroxyl groups excluding tert-OH is 1. The third-order valence-corrected chi connectivity index (χ3v) is 12.8. The van der Waals surface area contributed by atoms with Crippen molar-refractivity contribution in [3.8, 4) is 0 Å². The summed E-state index contributed by atoms with van der Waals surface area (Å²) >= 11 is 0. The monoisotopic (exact) mass is 692 g/mol.